The highest BCUT2D eigenvalue weighted by Gasteiger charge is 2.25. The van der Waals surface area contributed by atoms with Gasteiger partial charge in [-0.05, 0) is 75.7 Å². The molecule has 1 aromatic carbocycles. The van der Waals surface area contributed by atoms with Gasteiger partial charge in [0.05, 0.1) is 5.69 Å². The van der Waals surface area contributed by atoms with E-state index in [0.717, 1.165) is 36.5 Å². The number of hydrogen-bond acceptors (Lipinski definition) is 2. The summed E-state index contributed by atoms with van der Waals surface area (Å²) < 4.78 is 13.6. The molecule has 3 heterocycles. The first kappa shape index (κ1) is 19.2. The molecular weight excluding hydrogens is 331 g/mol. The van der Waals surface area contributed by atoms with Crippen LogP contribution in [0.25, 0.3) is 0 Å². The average Bonchev–Trinajstić information content (AvgIpc) is 2.69. The van der Waals surface area contributed by atoms with Crippen molar-refractivity contribution in [2.45, 2.75) is 51.4 Å². The molecule has 4 fully saturated rings. The Morgan fingerprint density at radius 2 is 1.65 bits per heavy atom. The summed E-state index contributed by atoms with van der Waals surface area (Å²) in [6.45, 7) is 4.58. The Balaban J connectivity index is 0.000000201. The van der Waals surface area contributed by atoms with Crippen molar-refractivity contribution in [1.82, 2.24) is 4.90 Å². The van der Waals surface area contributed by atoms with Crippen LogP contribution in [0, 0.1) is 17.7 Å². The number of rotatable bonds is 3. The number of benzene rings is 1. The number of carboxylic acid groups (broad SMARTS) is 1. The third-order valence-corrected chi connectivity index (χ3v) is 6.10. The van der Waals surface area contributed by atoms with Crippen molar-refractivity contribution in [2.24, 2.45) is 11.8 Å². The van der Waals surface area contributed by atoms with Crippen molar-refractivity contribution in [3.05, 3.63) is 30.1 Å². The van der Waals surface area contributed by atoms with Gasteiger partial charge in [0.1, 0.15) is 5.82 Å². The zero-order valence-electron chi connectivity index (χ0n) is 15.6. The Bertz CT molecular complexity index is 558. The van der Waals surface area contributed by atoms with E-state index in [2.05, 4.69) is 4.90 Å². The van der Waals surface area contributed by atoms with Gasteiger partial charge in [0, 0.05) is 6.54 Å². The summed E-state index contributed by atoms with van der Waals surface area (Å²) in [6.07, 6.45) is 8.98. The molecule has 3 aliphatic heterocycles. The van der Waals surface area contributed by atoms with Gasteiger partial charge in [-0.1, -0.05) is 31.4 Å². The second-order valence-electron chi connectivity index (χ2n) is 7.92. The van der Waals surface area contributed by atoms with E-state index in [9.17, 15) is 14.3 Å². The highest BCUT2D eigenvalue weighted by Crippen LogP contribution is 2.28. The molecule has 1 aliphatic carbocycles. The number of carbonyl (C=O) groups is 1. The fourth-order valence-electron chi connectivity index (χ4n) is 4.44. The third kappa shape index (κ3) is 5.19. The Hall–Kier alpha value is -1.62. The minimum Gasteiger partial charge on any atom is -0.465 e. The molecule has 3 saturated heterocycles. The predicted molar refractivity (Wildman–Crippen MR) is 102 cm³/mol. The van der Waals surface area contributed by atoms with E-state index >= 15 is 0 Å². The molecule has 1 aromatic rings. The molecule has 1 N–H and O–H groups in total. The zero-order valence-corrected chi connectivity index (χ0v) is 15.6. The molecule has 1 saturated carbocycles. The normalized spacial score (nSPS) is 25.3. The summed E-state index contributed by atoms with van der Waals surface area (Å²) in [7, 11) is 0. The van der Waals surface area contributed by atoms with Gasteiger partial charge in [-0.15, -0.1) is 0 Å². The lowest BCUT2D eigenvalue weighted by molar-refractivity contribution is 0.111. The SMILES string of the molecule is C1CN2CCC1CC2.O=C(O)N(CC1CCCCC1)c1ccccc1F. The lowest BCUT2D eigenvalue weighted by Crippen LogP contribution is -2.41. The van der Waals surface area contributed by atoms with Gasteiger partial charge in [-0.3, -0.25) is 4.90 Å². The first-order valence-corrected chi connectivity index (χ1v) is 10.1. The van der Waals surface area contributed by atoms with E-state index in [1.807, 2.05) is 0 Å². The van der Waals surface area contributed by atoms with Crippen molar-refractivity contribution in [3.8, 4) is 0 Å². The molecule has 5 rings (SSSR count). The Morgan fingerprint density at radius 3 is 2.12 bits per heavy atom. The van der Waals surface area contributed by atoms with Crippen LogP contribution in [0.5, 0.6) is 0 Å². The van der Waals surface area contributed by atoms with Crippen molar-refractivity contribution in [2.75, 3.05) is 31.1 Å². The summed E-state index contributed by atoms with van der Waals surface area (Å²) in [5.74, 6) is 0.991. The van der Waals surface area contributed by atoms with Crippen molar-refractivity contribution in [1.29, 1.82) is 0 Å². The van der Waals surface area contributed by atoms with E-state index in [1.54, 1.807) is 12.1 Å². The van der Waals surface area contributed by atoms with E-state index in [-0.39, 0.29) is 5.69 Å². The molecule has 0 unspecified atom stereocenters. The van der Waals surface area contributed by atoms with Crippen LogP contribution < -0.4 is 4.90 Å². The maximum Gasteiger partial charge on any atom is 0.411 e. The summed E-state index contributed by atoms with van der Waals surface area (Å²) >= 11 is 0. The number of hydrogen-bond donors (Lipinski definition) is 1. The van der Waals surface area contributed by atoms with Gasteiger partial charge in [-0.2, -0.15) is 0 Å². The molecular formula is C21H31FN2O2. The number of anilines is 1. The number of halogens is 1. The second kappa shape index (κ2) is 9.36. The topological polar surface area (TPSA) is 43.8 Å². The number of para-hydroxylation sites is 1. The van der Waals surface area contributed by atoms with Crippen LogP contribution in [-0.2, 0) is 0 Å². The molecule has 144 valence electrons. The fourth-order valence-corrected chi connectivity index (χ4v) is 4.44. The molecule has 0 radical (unpaired) electrons. The maximum atomic E-state index is 13.6. The van der Waals surface area contributed by atoms with Crippen LogP contribution >= 0.6 is 0 Å². The molecule has 1 amide bonds. The van der Waals surface area contributed by atoms with Crippen molar-refractivity contribution >= 4 is 11.8 Å². The first-order valence-electron chi connectivity index (χ1n) is 10.1. The third-order valence-electron chi connectivity index (χ3n) is 6.10. The molecule has 0 atom stereocenters. The molecule has 0 spiro atoms. The molecule has 0 aromatic heterocycles. The summed E-state index contributed by atoms with van der Waals surface area (Å²) in [6, 6.07) is 6.05. The van der Waals surface area contributed by atoms with Crippen LogP contribution in [0.2, 0.25) is 0 Å². The smallest absolute Gasteiger partial charge is 0.411 e. The van der Waals surface area contributed by atoms with Crippen LogP contribution in [0.3, 0.4) is 0 Å². The van der Waals surface area contributed by atoms with Crippen LogP contribution in [-0.4, -0.2) is 42.3 Å². The summed E-state index contributed by atoms with van der Waals surface area (Å²) in [4.78, 5) is 15.0. The number of nitrogens with zero attached hydrogens (tertiary/aromatic N) is 2. The standard InChI is InChI=1S/C14H18FNO2.C7H13N/c15-12-8-4-5-9-13(12)16(14(17)18)10-11-6-2-1-3-7-11;1-4-8-5-2-7(1)3-6-8/h4-5,8-9,11H,1-3,6-7,10H2,(H,17,18);7H,1-6H2. The molecule has 4 nitrogen and oxygen atoms in total. The minimum absolute atomic E-state index is 0.163. The lowest BCUT2D eigenvalue weighted by atomic mass is 9.89. The molecule has 26 heavy (non-hydrogen) atoms. The zero-order chi connectivity index (χ0) is 18.4. The monoisotopic (exact) mass is 362 g/mol. The van der Waals surface area contributed by atoms with E-state index < -0.39 is 11.9 Å². The highest BCUT2D eigenvalue weighted by atomic mass is 19.1. The first-order chi connectivity index (χ1) is 12.6. The fraction of sp³-hybridized carbons (Fsp3) is 0.667. The Kier molecular flexibility index (Phi) is 6.89. The van der Waals surface area contributed by atoms with Gasteiger partial charge in [-0.25, -0.2) is 9.18 Å². The van der Waals surface area contributed by atoms with Crippen molar-refractivity contribution in [3.63, 3.8) is 0 Å². The number of piperidine rings is 3. The van der Waals surface area contributed by atoms with E-state index in [4.69, 9.17) is 0 Å². The van der Waals surface area contributed by atoms with Gasteiger partial charge < -0.3 is 10.0 Å². The maximum absolute atomic E-state index is 13.6. The molecule has 5 heteroatoms. The largest absolute Gasteiger partial charge is 0.465 e. The van der Waals surface area contributed by atoms with Crippen LogP contribution in [0.4, 0.5) is 14.9 Å². The number of amides is 1. The van der Waals surface area contributed by atoms with Gasteiger partial charge in [0.15, 0.2) is 0 Å². The van der Waals surface area contributed by atoms with Gasteiger partial charge in [0.2, 0.25) is 0 Å². The lowest BCUT2D eigenvalue weighted by Gasteiger charge is -2.38. The number of fused-ring (bicyclic) bond motifs is 3. The van der Waals surface area contributed by atoms with E-state index in [1.165, 1.54) is 57.5 Å². The van der Waals surface area contributed by atoms with E-state index in [0.29, 0.717) is 12.5 Å². The van der Waals surface area contributed by atoms with Crippen LogP contribution in [0.1, 0.15) is 51.4 Å². The minimum atomic E-state index is -1.08. The summed E-state index contributed by atoms with van der Waals surface area (Å²) in [5.41, 5.74) is 0.163. The predicted octanol–water partition coefficient (Wildman–Crippen LogP) is 4.99. The van der Waals surface area contributed by atoms with Crippen LogP contribution in [0.15, 0.2) is 24.3 Å². The highest BCUT2D eigenvalue weighted by molar-refractivity contribution is 5.86. The van der Waals surface area contributed by atoms with Gasteiger partial charge in [0.25, 0.3) is 0 Å². The molecule has 2 bridgehead atoms. The Labute approximate surface area is 156 Å². The van der Waals surface area contributed by atoms with Gasteiger partial charge >= 0.3 is 6.09 Å². The summed E-state index contributed by atoms with van der Waals surface area (Å²) in [5, 5.41) is 9.24. The Morgan fingerprint density at radius 1 is 1.04 bits per heavy atom. The molecule has 4 aliphatic rings. The average molecular weight is 362 g/mol. The van der Waals surface area contributed by atoms with Crippen molar-refractivity contribution < 1.29 is 14.3 Å². The quantitative estimate of drug-likeness (QED) is 0.823. The second-order valence-corrected chi connectivity index (χ2v) is 7.92.